The van der Waals surface area contributed by atoms with E-state index in [1.807, 2.05) is 6.07 Å². The Kier molecular flexibility index (Phi) is 4.59. The first kappa shape index (κ1) is 13.6. The van der Waals surface area contributed by atoms with Crippen LogP contribution in [-0.4, -0.2) is 43.5 Å². The molecule has 0 aliphatic carbocycles. The molecule has 0 aromatic heterocycles. The predicted octanol–water partition coefficient (Wildman–Crippen LogP) is 0.566. The Morgan fingerprint density at radius 1 is 1.53 bits per heavy atom. The van der Waals surface area contributed by atoms with Crippen LogP contribution >= 0.6 is 0 Å². The zero-order valence-corrected chi connectivity index (χ0v) is 10.7. The number of hydrogen-bond donors (Lipinski definition) is 3. The van der Waals surface area contributed by atoms with Gasteiger partial charge in [0.25, 0.3) is 0 Å². The fourth-order valence-corrected chi connectivity index (χ4v) is 2.07. The Bertz CT molecular complexity index is 433. The third-order valence-electron chi connectivity index (χ3n) is 3.05. The second kappa shape index (κ2) is 6.40. The Morgan fingerprint density at radius 3 is 2.95 bits per heavy atom. The van der Waals surface area contributed by atoms with Gasteiger partial charge in [-0.2, -0.15) is 0 Å². The molecule has 1 unspecified atom stereocenters. The summed E-state index contributed by atoms with van der Waals surface area (Å²) in [5.74, 6) is 0. The van der Waals surface area contributed by atoms with Crippen LogP contribution < -0.4 is 16.0 Å². The Hall–Kier alpha value is -1.79. The number of nitrogens with one attached hydrogen (secondary N) is 1. The molecule has 0 spiro atoms. The molecule has 1 fully saturated rings. The molecule has 1 aliphatic heterocycles. The first-order valence-electron chi connectivity index (χ1n) is 6.33. The fourth-order valence-electron chi connectivity index (χ4n) is 2.07. The number of amides is 2. The Balaban J connectivity index is 2.10. The summed E-state index contributed by atoms with van der Waals surface area (Å²) >= 11 is 0. The standard InChI is InChI=1S/C13H19N3O3/c14-11-3-1-2-4-12(11)16(6-7-17)13(18)15-10-5-8-19-9-10/h1-4,10,17H,5-9,14H2,(H,15,18). The molecule has 6 heteroatoms. The van der Waals surface area contributed by atoms with E-state index in [4.69, 9.17) is 15.6 Å². The van der Waals surface area contributed by atoms with Crippen molar-refractivity contribution >= 4 is 17.4 Å². The normalized spacial score (nSPS) is 18.3. The number of para-hydroxylation sites is 2. The van der Waals surface area contributed by atoms with Gasteiger partial charge in [-0.25, -0.2) is 4.79 Å². The van der Waals surface area contributed by atoms with Gasteiger partial charge in [-0.3, -0.25) is 4.90 Å². The number of anilines is 2. The highest BCUT2D eigenvalue weighted by molar-refractivity contribution is 5.95. The van der Waals surface area contributed by atoms with E-state index in [2.05, 4.69) is 5.32 Å². The van der Waals surface area contributed by atoms with Crippen molar-refractivity contribution in [1.29, 1.82) is 0 Å². The second-order valence-corrected chi connectivity index (χ2v) is 4.44. The molecule has 6 nitrogen and oxygen atoms in total. The number of rotatable bonds is 4. The van der Waals surface area contributed by atoms with Crippen molar-refractivity contribution in [1.82, 2.24) is 5.32 Å². The summed E-state index contributed by atoms with van der Waals surface area (Å²) < 4.78 is 5.22. The quantitative estimate of drug-likeness (QED) is 0.694. The van der Waals surface area contributed by atoms with Gasteiger partial charge in [0.15, 0.2) is 0 Å². The molecule has 1 aromatic carbocycles. The third kappa shape index (κ3) is 3.36. The molecule has 104 valence electrons. The van der Waals surface area contributed by atoms with Crippen LogP contribution in [0.4, 0.5) is 16.2 Å². The van der Waals surface area contributed by atoms with Crippen molar-refractivity contribution in [3.05, 3.63) is 24.3 Å². The van der Waals surface area contributed by atoms with Crippen LogP contribution in [0.2, 0.25) is 0 Å². The summed E-state index contributed by atoms with van der Waals surface area (Å²) in [6.45, 7) is 1.28. The van der Waals surface area contributed by atoms with E-state index in [0.717, 1.165) is 6.42 Å². The van der Waals surface area contributed by atoms with Crippen molar-refractivity contribution in [2.75, 3.05) is 37.0 Å². The molecular weight excluding hydrogens is 246 g/mol. The van der Waals surface area contributed by atoms with E-state index in [1.165, 1.54) is 4.90 Å². The third-order valence-corrected chi connectivity index (χ3v) is 3.05. The number of urea groups is 1. The predicted molar refractivity (Wildman–Crippen MR) is 73.0 cm³/mol. The van der Waals surface area contributed by atoms with Crippen molar-refractivity contribution in [2.24, 2.45) is 0 Å². The minimum atomic E-state index is -0.262. The number of aliphatic hydroxyl groups excluding tert-OH is 1. The Morgan fingerprint density at radius 2 is 2.32 bits per heavy atom. The maximum atomic E-state index is 12.2. The van der Waals surface area contributed by atoms with Crippen molar-refractivity contribution in [3.8, 4) is 0 Å². The van der Waals surface area contributed by atoms with Crippen LogP contribution in [0, 0.1) is 0 Å². The topological polar surface area (TPSA) is 87.8 Å². The number of nitrogen functional groups attached to an aromatic ring is 1. The van der Waals surface area contributed by atoms with Gasteiger partial charge >= 0.3 is 6.03 Å². The number of nitrogens with zero attached hydrogens (tertiary/aromatic N) is 1. The largest absolute Gasteiger partial charge is 0.397 e. The van der Waals surface area contributed by atoms with Gasteiger partial charge < -0.3 is 20.9 Å². The molecule has 1 heterocycles. The van der Waals surface area contributed by atoms with Crippen molar-refractivity contribution in [3.63, 3.8) is 0 Å². The number of aliphatic hydroxyl groups is 1. The highest BCUT2D eigenvalue weighted by Gasteiger charge is 2.23. The molecule has 1 aromatic rings. The van der Waals surface area contributed by atoms with Gasteiger partial charge in [0.1, 0.15) is 0 Å². The Labute approximate surface area is 112 Å². The molecule has 4 N–H and O–H groups in total. The van der Waals surface area contributed by atoms with Gasteiger partial charge in [-0.05, 0) is 18.6 Å². The van der Waals surface area contributed by atoms with Gasteiger partial charge in [0, 0.05) is 6.61 Å². The zero-order valence-electron chi connectivity index (χ0n) is 10.7. The SMILES string of the molecule is Nc1ccccc1N(CCO)C(=O)NC1CCOC1. The maximum absolute atomic E-state index is 12.2. The zero-order chi connectivity index (χ0) is 13.7. The first-order chi connectivity index (χ1) is 9.22. The molecule has 1 aliphatic rings. The smallest absolute Gasteiger partial charge is 0.322 e. The van der Waals surface area contributed by atoms with Crippen LogP contribution in [0.15, 0.2) is 24.3 Å². The summed E-state index contributed by atoms with van der Waals surface area (Å²) in [6.07, 6.45) is 0.809. The maximum Gasteiger partial charge on any atom is 0.322 e. The average molecular weight is 265 g/mol. The van der Waals surface area contributed by atoms with E-state index in [-0.39, 0.29) is 25.2 Å². The molecule has 1 saturated heterocycles. The van der Waals surface area contributed by atoms with Crippen LogP contribution in [-0.2, 0) is 4.74 Å². The number of carbonyl (C=O) groups is 1. The molecule has 0 radical (unpaired) electrons. The van der Waals surface area contributed by atoms with Crippen LogP contribution in [0.5, 0.6) is 0 Å². The first-order valence-corrected chi connectivity index (χ1v) is 6.33. The van der Waals surface area contributed by atoms with Crippen molar-refractivity contribution < 1.29 is 14.6 Å². The summed E-state index contributed by atoms with van der Waals surface area (Å²) in [5, 5.41) is 12.0. The highest BCUT2D eigenvalue weighted by atomic mass is 16.5. The monoisotopic (exact) mass is 265 g/mol. The van der Waals surface area contributed by atoms with Gasteiger partial charge in [0.05, 0.1) is 37.2 Å². The van der Waals surface area contributed by atoms with Crippen LogP contribution in [0.3, 0.4) is 0 Å². The molecular formula is C13H19N3O3. The van der Waals surface area contributed by atoms with E-state index in [1.54, 1.807) is 18.2 Å². The number of nitrogens with two attached hydrogens (primary N) is 1. The minimum absolute atomic E-state index is 0.0265. The number of carbonyl (C=O) groups excluding carboxylic acids is 1. The number of ether oxygens (including phenoxy) is 1. The van der Waals surface area contributed by atoms with E-state index in [0.29, 0.717) is 24.6 Å². The molecule has 1 atom stereocenters. The van der Waals surface area contributed by atoms with Gasteiger partial charge in [-0.15, -0.1) is 0 Å². The van der Waals surface area contributed by atoms with Gasteiger partial charge in [-0.1, -0.05) is 12.1 Å². The summed E-state index contributed by atoms with van der Waals surface area (Å²) in [6, 6.07) is 6.86. The van der Waals surface area contributed by atoms with Crippen LogP contribution in [0.1, 0.15) is 6.42 Å². The van der Waals surface area contributed by atoms with E-state index >= 15 is 0 Å². The number of benzene rings is 1. The highest BCUT2D eigenvalue weighted by Crippen LogP contribution is 2.22. The second-order valence-electron chi connectivity index (χ2n) is 4.44. The van der Waals surface area contributed by atoms with Gasteiger partial charge in [0.2, 0.25) is 0 Å². The number of hydrogen-bond acceptors (Lipinski definition) is 4. The van der Waals surface area contributed by atoms with E-state index < -0.39 is 0 Å². The van der Waals surface area contributed by atoms with Crippen molar-refractivity contribution in [2.45, 2.75) is 12.5 Å². The molecule has 0 bridgehead atoms. The molecule has 19 heavy (non-hydrogen) atoms. The summed E-state index contributed by atoms with van der Waals surface area (Å²) in [4.78, 5) is 13.7. The summed E-state index contributed by atoms with van der Waals surface area (Å²) in [5.41, 5.74) is 6.98. The molecule has 2 rings (SSSR count). The summed E-state index contributed by atoms with van der Waals surface area (Å²) in [7, 11) is 0. The lowest BCUT2D eigenvalue weighted by Gasteiger charge is -2.25. The minimum Gasteiger partial charge on any atom is -0.397 e. The molecule has 0 saturated carbocycles. The average Bonchev–Trinajstić information content (AvgIpc) is 2.90. The lowest BCUT2D eigenvalue weighted by molar-refractivity contribution is 0.189. The van der Waals surface area contributed by atoms with E-state index in [9.17, 15) is 4.79 Å². The lowest BCUT2D eigenvalue weighted by atomic mass is 10.2. The lowest BCUT2D eigenvalue weighted by Crippen LogP contribution is -2.46. The molecule has 2 amide bonds. The fraction of sp³-hybridized carbons (Fsp3) is 0.462. The van der Waals surface area contributed by atoms with Crippen LogP contribution in [0.25, 0.3) is 0 Å².